The van der Waals surface area contributed by atoms with E-state index in [1.54, 1.807) is 36.4 Å². The van der Waals surface area contributed by atoms with E-state index in [1.807, 2.05) is 0 Å². The Bertz CT molecular complexity index is 974. The topological polar surface area (TPSA) is 59.4 Å². The van der Waals surface area contributed by atoms with Gasteiger partial charge in [0, 0.05) is 17.8 Å². The van der Waals surface area contributed by atoms with Crippen LogP contribution in [0.3, 0.4) is 0 Å². The van der Waals surface area contributed by atoms with Crippen molar-refractivity contribution in [2.24, 2.45) is 0 Å². The van der Waals surface area contributed by atoms with Crippen molar-refractivity contribution in [3.63, 3.8) is 0 Å². The minimum absolute atomic E-state index is 0.166. The molecule has 0 bridgehead atoms. The summed E-state index contributed by atoms with van der Waals surface area (Å²) in [5.41, 5.74) is 1.22. The largest absolute Gasteiger partial charge is 0.475 e. The predicted octanol–water partition coefficient (Wildman–Crippen LogP) is 4.80. The second kappa shape index (κ2) is 7.80. The standard InChI is InChI=1S/C20H13ClFNO3/c21-17-12-16(9-10-23-17)26-19(20(24)25)18(13-5-2-1-3-6-13)14-7-4-8-15(22)11-14/h1-12H,(H,24,25). The number of benzene rings is 2. The van der Waals surface area contributed by atoms with Gasteiger partial charge in [0.05, 0.1) is 0 Å². The van der Waals surface area contributed by atoms with E-state index in [1.165, 1.54) is 36.5 Å². The summed E-state index contributed by atoms with van der Waals surface area (Å²) in [6.07, 6.45) is 1.40. The maximum atomic E-state index is 13.8. The molecule has 0 radical (unpaired) electrons. The molecule has 0 fully saturated rings. The van der Waals surface area contributed by atoms with Crippen LogP contribution in [0.2, 0.25) is 5.15 Å². The molecule has 3 aromatic rings. The summed E-state index contributed by atoms with van der Waals surface area (Å²) in [5.74, 6) is -1.90. The van der Waals surface area contributed by atoms with Gasteiger partial charge in [0.1, 0.15) is 16.7 Å². The second-order valence-corrected chi connectivity index (χ2v) is 5.69. The van der Waals surface area contributed by atoms with E-state index in [0.29, 0.717) is 11.1 Å². The fraction of sp³-hybridized carbons (Fsp3) is 0. The number of pyridine rings is 1. The molecular formula is C20H13ClFNO3. The molecule has 0 aliphatic carbocycles. The van der Waals surface area contributed by atoms with E-state index < -0.39 is 11.8 Å². The Morgan fingerprint density at radius 3 is 2.38 bits per heavy atom. The minimum atomic E-state index is -1.29. The van der Waals surface area contributed by atoms with Gasteiger partial charge in [0.25, 0.3) is 0 Å². The van der Waals surface area contributed by atoms with Crippen LogP contribution in [0.1, 0.15) is 11.1 Å². The number of aromatic nitrogens is 1. The molecule has 2 aromatic carbocycles. The summed E-state index contributed by atoms with van der Waals surface area (Å²) in [4.78, 5) is 15.8. The number of ether oxygens (including phenoxy) is 1. The Morgan fingerprint density at radius 2 is 1.73 bits per heavy atom. The van der Waals surface area contributed by atoms with Gasteiger partial charge in [-0.05, 0) is 29.3 Å². The normalized spacial score (nSPS) is 11.6. The van der Waals surface area contributed by atoms with Crippen molar-refractivity contribution in [3.05, 3.63) is 101 Å². The van der Waals surface area contributed by atoms with Gasteiger partial charge >= 0.3 is 5.97 Å². The fourth-order valence-corrected chi connectivity index (χ4v) is 2.61. The van der Waals surface area contributed by atoms with Crippen molar-refractivity contribution in [2.75, 3.05) is 0 Å². The summed E-state index contributed by atoms with van der Waals surface area (Å²) in [6, 6.07) is 17.4. The number of carbonyl (C=O) groups is 1. The average Bonchev–Trinajstić information content (AvgIpc) is 2.62. The number of carboxylic acids is 1. The number of halogens is 2. The lowest BCUT2D eigenvalue weighted by Gasteiger charge is -2.14. The highest BCUT2D eigenvalue weighted by molar-refractivity contribution is 6.29. The van der Waals surface area contributed by atoms with E-state index in [9.17, 15) is 14.3 Å². The van der Waals surface area contributed by atoms with Crippen LogP contribution < -0.4 is 4.74 Å². The number of rotatable bonds is 5. The smallest absolute Gasteiger partial charge is 0.372 e. The van der Waals surface area contributed by atoms with Gasteiger partial charge in [-0.2, -0.15) is 0 Å². The molecule has 26 heavy (non-hydrogen) atoms. The van der Waals surface area contributed by atoms with Crippen molar-refractivity contribution < 1.29 is 19.0 Å². The number of nitrogens with zero attached hydrogens (tertiary/aromatic N) is 1. The molecule has 0 saturated carbocycles. The van der Waals surface area contributed by atoms with Gasteiger partial charge in [-0.1, -0.05) is 54.1 Å². The maximum Gasteiger partial charge on any atom is 0.372 e. The fourth-order valence-electron chi connectivity index (χ4n) is 2.45. The lowest BCUT2D eigenvalue weighted by molar-refractivity contribution is -0.134. The van der Waals surface area contributed by atoms with E-state index >= 15 is 0 Å². The minimum Gasteiger partial charge on any atom is -0.475 e. The van der Waals surface area contributed by atoms with Crippen LogP contribution in [-0.4, -0.2) is 16.1 Å². The van der Waals surface area contributed by atoms with Crippen molar-refractivity contribution in [1.82, 2.24) is 4.98 Å². The highest BCUT2D eigenvalue weighted by atomic mass is 35.5. The van der Waals surface area contributed by atoms with E-state index in [2.05, 4.69) is 4.98 Å². The lowest BCUT2D eigenvalue weighted by Crippen LogP contribution is -2.12. The SMILES string of the molecule is O=C(O)C(Oc1ccnc(Cl)c1)=C(c1ccccc1)c1cccc(F)c1. The molecule has 1 N–H and O–H groups in total. The summed E-state index contributed by atoms with van der Waals surface area (Å²) in [5, 5.41) is 9.91. The van der Waals surface area contributed by atoms with Crippen LogP contribution in [0, 0.1) is 5.82 Å². The summed E-state index contributed by atoms with van der Waals surface area (Å²) >= 11 is 5.84. The molecule has 0 aliphatic rings. The van der Waals surface area contributed by atoms with Crippen molar-refractivity contribution in [2.45, 2.75) is 0 Å². The van der Waals surface area contributed by atoms with Crippen LogP contribution in [-0.2, 0) is 4.79 Å². The lowest BCUT2D eigenvalue weighted by atomic mass is 9.96. The Labute approximate surface area is 154 Å². The first-order valence-corrected chi connectivity index (χ1v) is 8.01. The van der Waals surface area contributed by atoms with Gasteiger partial charge in [-0.25, -0.2) is 14.2 Å². The zero-order chi connectivity index (χ0) is 18.5. The first kappa shape index (κ1) is 17.6. The molecule has 0 amide bonds. The third-order valence-electron chi connectivity index (χ3n) is 3.52. The molecule has 1 aromatic heterocycles. The van der Waals surface area contributed by atoms with Crippen molar-refractivity contribution in [1.29, 1.82) is 0 Å². The summed E-state index contributed by atoms with van der Waals surface area (Å²) in [6.45, 7) is 0. The van der Waals surface area contributed by atoms with Crippen LogP contribution in [0.4, 0.5) is 4.39 Å². The van der Waals surface area contributed by atoms with Crippen LogP contribution in [0.5, 0.6) is 5.75 Å². The molecule has 0 aliphatic heterocycles. The van der Waals surface area contributed by atoms with Gasteiger partial charge in [0.2, 0.25) is 5.76 Å². The van der Waals surface area contributed by atoms with E-state index in [0.717, 1.165) is 0 Å². The molecule has 0 saturated heterocycles. The highest BCUT2D eigenvalue weighted by Gasteiger charge is 2.21. The Morgan fingerprint density at radius 1 is 1.00 bits per heavy atom. The molecule has 130 valence electrons. The van der Waals surface area contributed by atoms with E-state index in [-0.39, 0.29) is 22.2 Å². The van der Waals surface area contributed by atoms with Crippen molar-refractivity contribution >= 4 is 23.1 Å². The van der Waals surface area contributed by atoms with Gasteiger partial charge in [0.15, 0.2) is 0 Å². The number of carboxylic acid groups (broad SMARTS) is 1. The molecule has 0 spiro atoms. The highest BCUT2D eigenvalue weighted by Crippen LogP contribution is 2.30. The van der Waals surface area contributed by atoms with E-state index in [4.69, 9.17) is 16.3 Å². The number of hydrogen-bond acceptors (Lipinski definition) is 3. The summed E-state index contributed by atoms with van der Waals surface area (Å²) in [7, 11) is 0. The quantitative estimate of drug-likeness (QED) is 0.399. The molecule has 0 unspecified atom stereocenters. The van der Waals surface area contributed by atoms with Crippen LogP contribution >= 0.6 is 11.6 Å². The number of hydrogen-bond donors (Lipinski definition) is 1. The monoisotopic (exact) mass is 369 g/mol. The second-order valence-electron chi connectivity index (χ2n) is 5.30. The molecule has 3 rings (SSSR count). The summed E-state index contributed by atoms with van der Waals surface area (Å²) < 4.78 is 19.4. The van der Waals surface area contributed by atoms with Crippen molar-refractivity contribution in [3.8, 4) is 5.75 Å². The van der Waals surface area contributed by atoms with Gasteiger partial charge < -0.3 is 9.84 Å². The first-order chi connectivity index (χ1) is 12.5. The Kier molecular flexibility index (Phi) is 5.29. The van der Waals surface area contributed by atoms with Crippen LogP contribution in [0.25, 0.3) is 5.57 Å². The zero-order valence-electron chi connectivity index (χ0n) is 13.4. The van der Waals surface area contributed by atoms with Gasteiger partial charge in [-0.15, -0.1) is 0 Å². The first-order valence-electron chi connectivity index (χ1n) is 7.63. The third-order valence-corrected chi connectivity index (χ3v) is 3.72. The third kappa shape index (κ3) is 4.07. The molecule has 6 heteroatoms. The van der Waals surface area contributed by atoms with Gasteiger partial charge in [-0.3, -0.25) is 0 Å². The Hall–Kier alpha value is -3.18. The predicted molar refractivity (Wildman–Crippen MR) is 96.4 cm³/mol. The Balaban J connectivity index is 2.22. The van der Waals surface area contributed by atoms with Crippen LogP contribution in [0.15, 0.2) is 78.7 Å². The number of aliphatic carboxylic acids is 1. The maximum absolute atomic E-state index is 13.8. The zero-order valence-corrected chi connectivity index (χ0v) is 14.2. The molecule has 4 nitrogen and oxygen atoms in total. The molecule has 1 heterocycles. The molecular weight excluding hydrogens is 357 g/mol. The molecule has 0 atom stereocenters. The average molecular weight is 370 g/mol.